The molecule has 1 atom stereocenters. The summed E-state index contributed by atoms with van der Waals surface area (Å²) >= 11 is 3.28. The van der Waals surface area contributed by atoms with Crippen LogP contribution in [0, 0.1) is 11.3 Å². The van der Waals surface area contributed by atoms with E-state index in [1.54, 1.807) is 4.68 Å². The third-order valence-electron chi connectivity index (χ3n) is 2.07. The molecule has 2 rings (SSSR count). The SMILES string of the molecule is N#Cc1nn([C@@H]2CCOC2)cc1Br. The summed E-state index contributed by atoms with van der Waals surface area (Å²) in [5.41, 5.74) is 0.437. The van der Waals surface area contributed by atoms with Crippen molar-refractivity contribution in [3.8, 4) is 6.07 Å². The summed E-state index contributed by atoms with van der Waals surface area (Å²) < 4.78 is 7.79. The van der Waals surface area contributed by atoms with Gasteiger partial charge in [-0.15, -0.1) is 0 Å². The second kappa shape index (κ2) is 3.48. The van der Waals surface area contributed by atoms with E-state index >= 15 is 0 Å². The van der Waals surface area contributed by atoms with Crippen molar-refractivity contribution < 1.29 is 4.74 Å². The molecular weight excluding hydrogens is 234 g/mol. The van der Waals surface area contributed by atoms with Crippen LogP contribution in [-0.4, -0.2) is 23.0 Å². The number of rotatable bonds is 1. The average Bonchev–Trinajstić information content (AvgIpc) is 2.71. The Hall–Kier alpha value is -0.860. The normalized spacial score (nSPS) is 21.7. The van der Waals surface area contributed by atoms with E-state index in [4.69, 9.17) is 10.00 Å². The summed E-state index contributed by atoms with van der Waals surface area (Å²) in [5.74, 6) is 0. The minimum absolute atomic E-state index is 0.290. The Balaban J connectivity index is 2.26. The lowest BCUT2D eigenvalue weighted by atomic mass is 10.3. The lowest BCUT2D eigenvalue weighted by Gasteiger charge is -2.06. The van der Waals surface area contributed by atoms with Gasteiger partial charge in [0, 0.05) is 12.8 Å². The molecule has 1 saturated heterocycles. The first-order valence-corrected chi connectivity index (χ1v) is 4.83. The van der Waals surface area contributed by atoms with Gasteiger partial charge in [-0.25, -0.2) is 0 Å². The smallest absolute Gasteiger partial charge is 0.176 e. The topological polar surface area (TPSA) is 50.8 Å². The summed E-state index contributed by atoms with van der Waals surface area (Å²) in [4.78, 5) is 0. The third-order valence-corrected chi connectivity index (χ3v) is 2.65. The Bertz CT molecular complexity index is 349. The van der Waals surface area contributed by atoms with Gasteiger partial charge in [-0.1, -0.05) is 0 Å². The molecule has 0 bridgehead atoms. The van der Waals surface area contributed by atoms with Crippen LogP contribution in [0.2, 0.25) is 0 Å². The summed E-state index contributed by atoms with van der Waals surface area (Å²) in [6, 6.07) is 2.31. The molecule has 0 spiro atoms. The Morgan fingerprint density at radius 1 is 1.77 bits per heavy atom. The molecule has 0 unspecified atom stereocenters. The second-order valence-electron chi connectivity index (χ2n) is 2.93. The van der Waals surface area contributed by atoms with Crippen LogP contribution in [0.15, 0.2) is 10.7 Å². The van der Waals surface area contributed by atoms with Crippen LogP contribution < -0.4 is 0 Å². The molecule has 5 heteroatoms. The Morgan fingerprint density at radius 3 is 3.15 bits per heavy atom. The minimum Gasteiger partial charge on any atom is -0.379 e. The first kappa shape index (κ1) is 8.73. The summed E-state index contributed by atoms with van der Waals surface area (Å²) in [5, 5.41) is 12.8. The fourth-order valence-electron chi connectivity index (χ4n) is 1.36. The van der Waals surface area contributed by atoms with Gasteiger partial charge in [-0.2, -0.15) is 10.4 Å². The maximum absolute atomic E-state index is 8.69. The molecule has 0 radical (unpaired) electrons. The molecule has 1 aromatic rings. The lowest BCUT2D eigenvalue weighted by Crippen LogP contribution is -2.09. The average molecular weight is 242 g/mol. The molecule has 1 fully saturated rings. The van der Waals surface area contributed by atoms with E-state index < -0.39 is 0 Å². The maximum atomic E-state index is 8.69. The molecule has 1 aromatic heterocycles. The third kappa shape index (κ3) is 1.60. The summed E-state index contributed by atoms with van der Waals surface area (Å²) in [6.45, 7) is 1.48. The molecule has 0 N–H and O–H groups in total. The van der Waals surface area contributed by atoms with E-state index in [1.165, 1.54) is 0 Å². The minimum atomic E-state index is 0.290. The van der Waals surface area contributed by atoms with Crippen LogP contribution in [0.5, 0.6) is 0 Å². The quantitative estimate of drug-likeness (QED) is 0.749. The largest absolute Gasteiger partial charge is 0.379 e. The second-order valence-corrected chi connectivity index (χ2v) is 3.79. The lowest BCUT2D eigenvalue weighted by molar-refractivity contribution is 0.184. The molecule has 2 heterocycles. The Labute approximate surface area is 84.2 Å². The van der Waals surface area contributed by atoms with E-state index in [1.807, 2.05) is 12.3 Å². The van der Waals surface area contributed by atoms with Crippen LogP contribution in [0.3, 0.4) is 0 Å². The van der Waals surface area contributed by atoms with Gasteiger partial charge in [0.2, 0.25) is 0 Å². The van der Waals surface area contributed by atoms with Crippen molar-refractivity contribution in [1.82, 2.24) is 9.78 Å². The highest BCUT2D eigenvalue weighted by Crippen LogP contribution is 2.22. The Kier molecular flexibility index (Phi) is 2.34. The fraction of sp³-hybridized carbons (Fsp3) is 0.500. The van der Waals surface area contributed by atoms with Crippen LogP contribution in [0.25, 0.3) is 0 Å². The zero-order valence-electron chi connectivity index (χ0n) is 6.90. The van der Waals surface area contributed by atoms with E-state index in [0.29, 0.717) is 18.3 Å². The van der Waals surface area contributed by atoms with Crippen molar-refractivity contribution in [2.45, 2.75) is 12.5 Å². The van der Waals surface area contributed by atoms with Crippen LogP contribution >= 0.6 is 15.9 Å². The molecule has 13 heavy (non-hydrogen) atoms. The predicted octanol–water partition coefficient (Wildman–Crippen LogP) is 1.48. The molecule has 0 aromatic carbocycles. The summed E-state index contributed by atoms with van der Waals surface area (Å²) in [7, 11) is 0. The van der Waals surface area contributed by atoms with Crippen LogP contribution in [0.1, 0.15) is 18.2 Å². The van der Waals surface area contributed by atoms with Gasteiger partial charge in [0.25, 0.3) is 0 Å². The zero-order valence-corrected chi connectivity index (χ0v) is 8.49. The molecule has 1 aliphatic rings. The highest BCUT2D eigenvalue weighted by atomic mass is 79.9. The van der Waals surface area contributed by atoms with E-state index in [2.05, 4.69) is 21.0 Å². The van der Waals surface area contributed by atoms with Gasteiger partial charge >= 0.3 is 0 Å². The number of nitrogens with zero attached hydrogens (tertiary/aromatic N) is 3. The van der Waals surface area contributed by atoms with Gasteiger partial charge in [-0.05, 0) is 22.4 Å². The van der Waals surface area contributed by atoms with Gasteiger partial charge in [0.15, 0.2) is 5.69 Å². The number of hydrogen-bond donors (Lipinski definition) is 0. The van der Waals surface area contributed by atoms with Crippen molar-refractivity contribution in [2.24, 2.45) is 0 Å². The molecular formula is C8H8BrN3O. The maximum Gasteiger partial charge on any atom is 0.176 e. The number of nitriles is 1. The highest BCUT2D eigenvalue weighted by Gasteiger charge is 2.19. The van der Waals surface area contributed by atoms with Gasteiger partial charge in [-0.3, -0.25) is 4.68 Å². The standard InChI is InChI=1S/C8H8BrN3O/c9-7-4-12(11-8(7)3-10)6-1-2-13-5-6/h4,6H,1-2,5H2/t6-/m1/s1. The zero-order chi connectivity index (χ0) is 9.26. The highest BCUT2D eigenvalue weighted by molar-refractivity contribution is 9.10. The molecule has 4 nitrogen and oxygen atoms in total. The number of halogens is 1. The first-order valence-electron chi connectivity index (χ1n) is 4.04. The number of ether oxygens (including phenoxy) is 1. The van der Waals surface area contributed by atoms with Crippen molar-refractivity contribution in [3.63, 3.8) is 0 Å². The monoisotopic (exact) mass is 241 g/mol. The van der Waals surface area contributed by atoms with Gasteiger partial charge < -0.3 is 4.74 Å². The molecule has 0 saturated carbocycles. The Morgan fingerprint density at radius 2 is 2.62 bits per heavy atom. The predicted molar refractivity (Wildman–Crippen MR) is 49.1 cm³/mol. The molecule has 0 amide bonds. The van der Waals surface area contributed by atoms with Crippen molar-refractivity contribution >= 4 is 15.9 Å². The van der Waals surface area contributed by atoms with Crippen LogP contribution in [-0.2, 0) is 4.74 Å². The number of aromatic nitrogens is 2. The first-order chi connectivity index (χ1) is 6.31. The van der Waals surface area contributed by atoms with Gasteiger partial charge in [0.1, 0.15) is 6.07 Å². The molecule has 1 aliphatic heterocycles. The summed E-state index contributed by atoms with van der Waals surface area (Å²) in [6.07, 6.45) is 2.80. The van der Waals surface area contributed by atoms with Crippen molar-refractivity contribution in [3.05, 3.63) is 16.4 Å². The van der Waals surface area contributed by atoms with E-state index in [9.17, 15) is 0 Å². The van der Waals surface area contributed by atoms with E-state index in [0.717, 1.165) is 17.5 Å². The van der Waals surface area contributed by atoms with Crippen LogP contribution in [0.4, 0.5) is 0 Å². The van der Waals surface area contributed by atoms with Crippen molar-refractivity contribution in [1.29, 1.82) is 5.26 Å². The molecule has 0 aliphatic carbocycles. The van der Waals surface area contributed by atoms with E-state index in [-0.39, 0.29) is 0 Å². The number of hydrogen-bond acceptors (Lipinski definition) is 3. The van der Waals surface area contributed by atoms with Gasteiger partial charge in [0.05, 0.1) is 17.1 Å². The van der Waals surface area contributed by atoms with Crippen molar-refractivity contribution in [2.75, 3.05) is 13.2 Å². The fourth-order valence-corrected chi connectivity index (χ4v) is 1.74. The molecule has 68 valence electrons.